The molecule has 1 unspecified atom stereocenters. The van der Waals surface area contributed by atoms with Crippen molar-refractivity contribution >= 4 is 5.97 Å². The first-order valence-corrected chi connectivity index (χ1v) is 5.46. The van der Waals surface area contributed by atoms with Gasteiger partial charge >= 0.3 is 5.97 Å². The first-order chi connectivity index (χ1) is 6.52. The smallest absolute Gasteiger partial charge is 0.308 e. The summed E-state index contributed by atoms with van der Waals surface area (Å²) >= 11 is 0. The van der Waals surface area contributed by atoms with E-state index in [1.165, 1.54) is 6.92 Å². The second-order valence-corrected chi connectivity index (χ2v) is 3.81. The maximum atomic E-state index is 11.2. The molecule has 0 saturated carbocycles. The van der Waals surface area contributed by atoms with Crippen LogP contribution in [0.1, 0.15) is 59.3 Å². The van der Waals surface area contributed by atoms with Crippen LogP contribution < -0.4 is 0 Å². The summed E-state index contributed by atoms with van der Waals surface area (Å²) in [5, 5.41) is 9.45. The van der Waals surface area contributed by atoms with Crippen LogP contribution in [0.25, 0.3) is 0 Å². The Balaban J connectivity index is 3.55. The van der Waals surface area contributed by atoms with Crippen molar-refractivity contribution in [1.29, 1.82) is 0 Å². The number of hydrogen-bond acceptors (Lipinski definition) is 3. The van der Waals surface area contributed by atoms with Crippen molar-refractivity contribution in [3.05, 3.63) is 0 Å². The van der Waals surface area contributed by atoms with Crippen LogP contribution >= 0.6 is 0 Å². The van der Waals surface area contributed by atoms with Gasteiger partial charge in [-0.25, -0.2) is 0 Å². The standard InChI is InChI=1S/C11H22O3/c1-4-6-7-8-9-10(12)14-11(3,13)5-2/h13H,4-9H2,1-3H3. The Morgan fingerprint density at radius 3 is 2.43 bits per heavy atom. The summed E-state index contributed by atoms with van der Waals surface area (Å²) in [7, 11) is 0. The van der Waals surface area contributed by atoms with Crippen molar-refractivity contribution in [2.24, 2.45) is 0 Å². The number of hydrogen-bond donors (Lipinski definition) is 1. The minimum atomic E-state index is -1.29. The van der Waals surface area contributed by atoms with E-state index >= 15 is 0 Å². The van der Waals surface area contributed by atoms with Crippen molar-refractivity contribution in [3.8, 4) is 0 Å². The lowest BCUT2D eigenvalue weighted by Gasteiger charge is -2.21. The summed E-state index contributed by atoms with van der Waals surface area (Å²) in [6, 6.07) is 0. The number of ether oxygens (including phenoxy) is 1. The zero-order valence-corrected chi connectivity index (χ0v) is 9.51. The third-order valence-corrected chi connectivity index (χ3v) is 2.22. The van der Waals surface area contributed by atoms with E-state index in [4.69, 9.17) is 4.74 Å². The van der Waals surface area contributed by atoms with Crippen molar-refractivity contribution in [2.75, 3.05) is 0 Å². The molecule has 1 atom stereocenters. The number of rotatable bonds is 7. The molecule has 0 aromatic heterocycles. The highest BCUT2D eigenvalue weighted by Crippen LogP contribution is 2.13. The van der Waals surface area contributed by atoms with Gasteiger partial charge in [-0.3, -0.25) is 4.79 Å². The molecule has 0 aliphatic heterocycles. The predicted molar refractivity (Wildman–Crippen MR) is 55.8 cm³/mol. The van der Waals surface area contributed by atoms with Gasteiger partial charge in [-0.05, 0) is 6.42 Å². The van der Waals surface area contributed by atoms with Gasteiger partial charge in [0.2, 0.25) is 5.79 Å². The SMILES string of the molecule is CCCCCCC(=O)OC(C)(O)CC. The van der Waals surface area contributed by atoms with Gasteiger partial charge in [-0.2, -0.15) is 0 Å². The summed E-state index contributed by atoms with van der Waals surface area (Å²) < 4.78 is 4.88. The molecule has 0 radical (unpaired) electrons. The van der Waals surface area contributed by atoms with E-state index in [9.17, 15) is 9.90 Å². The Kier molecular flexibility index (Phi) is 6.54. The van der Waals surface area contributed by atoms with Crippen LogP contribution in [0.5, 0.6) is 0 Å². The molecule has 0 aromatic carbocycles. The highest BCUT2D eigenvalue weighted by molar-refractivity contribution is 5.69. The molecule has 14 heavy (non-hydrogen) atoms. The Hall–Kier alpha value is -0.570. The Bertz CT molecular complexity index is 164. The minimum Gasteiger partial charge on any atom is -0.434 e. The van der Waals surface area contributed by atoms with Crippen molar-refractivity contribution in [1.82, 2.24) is 0 Å². The Labute approximate surface area is 86.5 Å². The first-order valence-electron chi connectivity index (χ1n) is 5.46. The lowest BCUT2D eigenvalue weighted by atomic mass is 10.1. The molecule has 3 heteroatoms. The van der Waals surface area contributed by atoms with Crippen LogP contribution in [0, 0.1) is 0 Å². The molecule has 0 spiro atoms. The van der Waals surface area contributed by atoms with Crippen LogP contribution in [-0.4, -0.2) is 16.9 Å². The van der Waals surface area contributed by atoms with Gasteiger partial charge in [0, 0.05) is 19.8 Å². The van der Waals surface area contributed by atoms with E-state index in [2.05, 4.69) is 6.92 Å². The number of carbonyl (C=O) groups is 1. The van der Waals surface area contributed by atoms with Gasteiger partial charge in [0.1, 0.15) is 0 Å². The fourth-order valence-electron chi connectivity index (χ4n) is 1.06. The summed E-state index contributed by atoms with van der Waals surface area (Å²) in [5.41, 5.74) is 0. The van der Waals surface area contributed by atoms with Gasteiger partial charge < -0.3 is 9.84 Å². The van der Waals surface area contributed by atoms with Crippen LogP contribution in [0.2, 0.25) is 0 Å². The van der Waals surface area contributed by atoms with Gasteiger partial charge in [0.05, 0.1) is 0 Å². The molecule has 0 rings (SSSR count). The van der Waals surface area contributed by atoms with E-state index in [1.807, 2.05) is 0 Å². The van der Waals surface area contributed by atoms with Crippen molar-refractivity contribution < 1.29 is 14.6 Å². The largest absolute Gasteiger partial charge is 0.434 e. The molecule has 0 amide bonds. The number of aliphatic hydroxyl groups is 1. The first kappa shape index (κ1) is 13.4. The summed E-state index contributed by atoms with van der Waals surface area (Å²) in [6.07, 6.45) is 5.05. The zero-order valence-electron chi connectivity index (χ0n) is 9.51. The molecule has 0 saturated heterocycles. The number of esters is 1. The summed E-state index contributed by atoms with van der Waals surface area (Å²) in [4.78, 5) is 11.2. The van der Waals surface area contributed by atoms with E-state index in [-0.39, 0.29) is 5.97 Å². The number of unbranched alkanes of at least 4 members (excludes halogenated alkanes) is 3. The second-order valence-electron chi connectivity index (χ2n) is 3.81. The average Bonchev–Trinajstić information content (AvgIpc) is 2.12. The van der Waals surface area contributed by atoms with Gasteiger partial charge in [-0.15, -0.1) is 0 Å². The lowest BCUT2D eigenvalue weighted by Crippen LogP contribution is -2.30. The van der Waals surface area contributed by atoms with Crippen LogP contribution in [-0.2, 0) is 9.53 Å². The molecule has 0 aliphatic carbocycles. The third-order valence-electron chi connectivity index (χ3n) is 2.22. The molecule has 0 heterocycles. The van der Waals surface area contributed by atoms with Crippen LogP contribution in [0.3, 0.4) is 0 Å². The maximum Gasteiger partial charge on any atom is 0.308 e. The van der Waals surface area contributed by atoms with E-state index in [0.29, 0.717) is 12.8 Å². The molecule has 0 bridgehead atoms. The van der Waals surface area contributed by atoms with Gasteiger partial charge in [0.15, 0.2) is 0 Å². The predicted octanol–water partition coefficient (Wildman–Crippen LogP) is 2.62. The lowest BCUT2D eigenvalue weighted by molar-refractivity contribution is -0.202. The Morgan fingerprint density at radius 2 is 1.93 bits per heavy atom. The summed E-state index contributed by atoms with van der Waals surface area (Å²) in [6.45, 7) is 5.42. The van der Waals surface area contributed by atoms with Gasteiger partial charge in [-0.1, -0.05) is 33.1 Å². The monoisotopic (exact) mass is 202 g/mol. The molecular weight excluding hydrogens is 180 g/mol. The summed E-state index contributed by atoms with van der Waals surface area (Å²) in [5.74, 6) is -1.59. The average molecular weight is 202 g/mol. The molecule has 0 aliphatic rings. The quantitative estimate of drug-likeness (QED) is 0.392. The maximum absolute atomic E-state index is 11.2. The highest BCUT2D eigenvalue weighted by atomic mass is 16.7. The van der Waals surface area contributed by atoms with Crippen molar-refractivity contribution in [2.45, 2.75) is 65.1 Å². The van der Waals surface area contributed by atoms with Crippen LogP contribution in [0.4, 0.5) is 0 Å². The van der Waals surface area contributed by atoms with E-state index < -0.39 is 5.79 Å². The fourth-order valence-corrected chi connectivity index (χ4v) is 1.06. The molecule has 0 aromatic rings. The number of carbonyl (C=O) groups excluding carboxylic acids is 1. The minimum absolute atomic E-state index is 0.298. The van der Waals surface area contributed by atoms with Crippen molar-refractivity contribution in [3.63, 3.8) is 0 Å². The zero-order chi connectivity index (χ0) is 11.0. The normalized spacial score (nSPS) is 14.9. The molecule has 84 valence electrons. The van der Waals surface area contributed by atoms with Crippen LogP contribution in [0.15, 0.2) is 0 Å². The van der Waals surface area contributed by atoms with Gasteiger partial charge in [0.25, 0.3) is 0 Å². The molecular formula is C11H22O3. The second kappa shape index (κ2) is 6.82. The third kappa shape index (κ3) is 6.89. The van der Waals surface area contributed by atoms with E-state index in [0.717, 1.165) is 25.7 Å². The molecule has 0 fully saturated rings. The molecule has 3 nitrogen and oxygen atoms in total. The highest BCUT2D eigenvalue weighted by Gasteiger charge is 2.21. The fraction of sp³-hybridized carbons (Fsp3) is 0.909. The molecule has 1 N–H and O–H groups in total. The Morgan fingerprint density at radius 1 is 1.29 bits per heavy atom. The van der Waals surface area contributed by atoms with E-state index in [1.54, 1.807) is 6.92 Å². The topological polar surface area (TPSA) is 46.5 Å².